The lowest BCUT2D eigenvalue weighted by Gasteiger charge is -2.17. The molecule has 1 aromatic rings. The van der Waals surface area contributed by atoms with E-state index in [1.165, 1.54) is 6.07 Å². The van der Waals surface area contributed by atoms with Crippen molar-refractivity contribution >= 4 is 0 Å². The summed E-state index contributed by atoms with van der Waals surface area (Å²) in [6.07, 6.45) is 0. The molecule has 0 unspecified atom stereocenters. The van der Waals surface area contributed by atoms with Crippen molar-refractivity contribution in [2.45, 2.75) is 19.9 Å². The largest absolute Gasteiger partial charge is 0.508 e. The molecule has 1 atom stereocenters. The van der Waals surface area contributed by atoms with Crippen molar-refractivity contribution in [2.75, 3.05) is 0 Å². The Hall–Kier alpha value is -1.53. The summed E-state index contributed by atoms with van der Waals surface area (Å²) >= 11 is 0. The van der Waals surface area contributed by atoms with Gasteiger partial charge in [0.05, 0.1) is 11.6 Å². The van der Waals surface area contributed by atoms with Crippen molar-refractivity contribution in [3.8, 4) is 11.8 Å². The Morgan fingerprint density at radius 3 is 2.57 bits per heavy atom. The smallest absolute Gasteiger partial charge is 0.120 e. The van der Waals surface area contributed by atoms with E-state index in [1.54, 1.807) is 12.1 Å². The van der Waals surface area contributed by atoms with Crippen LogP contribution in [0.1, 0.15) is 31.0 Å². The Bertz CT molecular complexity index is 366. The minimum atomic E-state index is -0.233. The lowest BCUT2D eigenvalue weighted by molar-refractivity contribution is 0.440. The van der Waals surface area contributed by atoms with Crippen molar-refractivity contribution in [3.63, 3.8) is 0 Å². The first-order valence-corrected chi connectivity index (χ1v) is 4.55. The zero-order chi connectivity index (χ0) is 10.7. The summed E-state index contributed by atoms with van der Waals surface area (Å²) < 4.78 is 0. The number of benzene rings is 1. The number of phenolic OH excluding ortho intramolecular Hbond substituents is 1. The van der Waals surface area contributed by atoms with Crippen LogP contribution in [0.4, 0.5) is 0 Å². The SMILES string of the molecule is CC(C)[C@@H](N)c1cc(C#N)ccc1O. The Morgan fingerprint density at radius 1 is 1.43 bits per heavy atom. The molecule has 0 amide bonds. The molecule has 0 aliphatic heterocycles. The monoisotopic (exact) mass is 190 g/mol. The average molecular weight is 190 g/mol. The van der Waals surface area contributed by atoms with Gasteiger partial charge in [0.15, 0.2) is 0 Å². The molecule has 0 aliphatic rings. The van der Waals surface area contributed by atoms with Gasteiger partial charge in [-0.15, -0.1) is 0 Å². The molecule has 0 spiro atoms. The van der Waals surface area contributed by atoms with Gasteiger partial charge in [-0.25, -0.2) is 0 Å². The maximum Gasteiger partial charge on any atom is 0.120 e. The quantitative estimate of drug-likeness (QED) is 0.748. The number of hydrogen-bond acceptors (Lipinski definition) is 3. The Balaban J connectivity index is 3.13. The standard InChI is InChI=1S/C11H14N2O/c1-7(2)11(13)9-5-8(6-12)3-4-10(9)14/h3-5,7,11,14H,13H2,1-2H3/t11-/m1/s1. The van der Waals surface area contributed by atoms with E-state index in [4.69, 9.17) is 11.0 Å². The molecular formula is C11H14N2O. The lowest BCUT2D eigenvalue weighted by Crippen LogP contribution is -2.16. The first kappa shape index (κ1) is 10.6. The molecule has 0 radical (unpaired) electrons. The molecule has 3 nitrogen and oxygen atoms in total. The molecule has 14 heavy (non-hydrogen) atoms. The summed E-state index contributed by atoms with van der Waals surface area (Å²) in [6.45, 7) is 3.95. The van der Waals surface area contributed by atoms with Gasteiger partial charge < -0.3 is 10.8 Å². The van der Waals surface area contributed by atoms with Gasteiger partial charge in [-0.2, -0.15) is 5.26 Å². The number of nitrogens with two attached hydrogens (primary N) is 1. The first-order valence-electron chi connectivity index (χ1n) is 4.55. The molecule has 3 heteroatoms. The fourth-order valence-corrected chi connectivity index (χ4v) is 1.25. The second kappa shape index (κ2) is 4.12. The summed E-state index contributed by atoms with van der Waals surface area (Å²) in [7, 11) is 0. The predicted octanol–water partition coefficient (Wildman–Crippen LogP) is 1.92. The van der Waals surface area contributed by atoms with Crippen LogP contribution in [-0.4, -0.2) is 5.11 Å². The molecule has 0 saturated heterocycles. The number of phenols is 1. The minimum Gasteiger partial charge on any atom is -0.508 e. The zero-order valence-corrected chi connectivity index (χ0v) is 8.36. The normalized spacial score (nSPS) is 12.5. The van der Waals surface area contributed by atoms with Crippen molar-refractivity contribution in [1.29, 1.82) is 5.26 Å². The highest BCUT2D eigenvalue weighted by atomic mass is 16.3. The van der Waals surface area contributed by atoms with Gasteiger partial charge in [0.1, 0.15) is 5.75 Å². The minimum absolute atomic E-state index is 0.158. The van der Waals surface area contributed by atoms with E-state index < -0.39 is 0 Å². The molecule has 74 valence electrons. The molecule has 0 aliphatic carbocycles. The van der Waals surface area contributed by atoms with Gasteiger partial charge in [-0.05, 0) is 24.1 Å². The van der Waals surface area contributed by atoms with E-state index in [-0.39, 0.29) is 17.7 Å². The van der Waals surface area contributed by atoms with Crippen LogP contribution in [0.2, 0.25) is 0 Å². The van der Waals surface area contributed by atoms with Crippen LogP contribution in [-0.2, 0) is 0 Å². The third-order valence-corrected chi connectivity index (χ3v) is 2.23. The van der Waals surface area contributed by atoms with Crippen LogP contribution < -0.4 is 5.73 Å². The summed E-state index contributed by atoms with van der Waals surface area (Å²) in [4.78, 5) is 0. The number of aromatic hydroxyl groups is 1. The Morgan fingerprint density at radius 2 is 2.07 bits per heavy atom. The Labute approximate surface area is 83.8 Å². The Kier molecular flexibility index (Phi) is 3.10. The molecule has 0 heterocycles. The van der Waals surface area contributed by atoms with Gasteiger partial charge in [-0.1, -0.05) is 13.8 Å². The van der Waals surface area contributed by atoms with Crippen LogP contribution >= 0.6 is 0 Å². The lowest BCUT2D eigenvalue weighted by atomic mass is 9.95. The van der Waals surface area contributed by atoms with Crippen molar-refractivity contribution in [3.05, 3.63) is 29.3 Å². The molecular weight excluding hydrogens is 176 g/mol. The van der Waals surface area contributed by atoms with Crippen molar-refractivity contribution in [2.24, 2.45) is 11.7 Å². The second-order valence-electron chi connectivity index (χ2n) is 3.66. The van der Waals surface area contributed by atoms with Gasteiger partial charge in [0, 0.05) is 11.6 Å². The molecule has 0 saturated carbocycles. The van der Waals surface area contributed by atoms with Crippen LogP contribution in [0.3, 0.4) is 0 Å². The third-order valence-electron chi connectivity index (χ3n) is 2.23. The van der Waals surface area contributed by atoms with E-state index in [1.807, 2.05) is 19.9 Å². The van der Waals surface area contributed by atoms with E-state index in [2.05, 4.69) is 0 Å². The molecule has 0 bridgehead atoms. The maximum absolute atomic E-state index is 9.56. The van der Waals surface area contributed by atoms with Gasteiger partial charge in [0.2, 0.25) is 0 Å². The van der Waals surface area contributed by atoms with Crippen LogP contribution in [0.25, 0.3) is 0 Å². The number of nitrogens with zero attached hydrogens (tertiary/aromatic N) is 1. The van der Waals surface area contributed by atoms with Crippen molar-refractivity contribution in [1.82, 2.24) is 0 Å². The number of rotatable bonds is 2. The van der Waals surface area contributed by atoms with Gasteiger partial charge >= 0.3 is 0 Å². The fraction of sp³-hybridized carbons (Fsp3) is 0.364. The average Bonchev–Trinajstić information content (AvgIpc) is 2.17. The van der Waals surface area contributed by atoms with Gasteiger partial charge in [0.25, 0.3) is 0 Å². The van der Waals surface area contributed by atoms with E-state index in [0.29, 0.717) is 11.1 Å². The fourth-order valence-electron chi connectivity index (χ4n) is 1.25. The van der Waals surface area contributed by atoms with Crippen LogP contribution in [0.15, 0.2) is 18.2 Å². The molecule has 0 aromatic heterocycles. The number of nitriles is 1. The van der Waals surface area contributed by atoms with Crippen molar-refractivity contribution < 1.29 is 5.11 Å². The first-order chi connectivity index (χ1) is 6.56. The van der Waals surface area contributed by atoms with Crippen LogP contribution in [0.5, 0.6) is 5.75 Å². The second-order valence-corrected chi connectivity index (χ2v) is 3.66. The summed E-state index contributed by atoms with van der Waals surface area (Å²) in [6, 6.07) is 6.51. The molecule has 0 fully saturated rings. The summed E-state index contributed by atoms with van der Waals surface area (Å²) in [5.41, 5.74) is 7.05. The topological polar surface area (TPSA) is 70.0 Å². The van der Waals surface area contributed by atoms with Crippen LogP contribution in [0, 0.1) is 17.2 Å². The van der Waals surface area contributed by atoms with E-state index in [9.17, 15) is 5.11 Å². The molecule has 1 rings (SSSR count). The predicted molar refractivity (Wildman–Crippen MR) is 54.6 cm³/mol. The van der Waals surface area contributed by atoms with E-state index in [0.717, 1.165) is 0 Å². The molecule has 1 aromatic carbocycles. The third kappa shape index (κ3) is 2.04. The number of hydrogen-bond donors (Lipinski definition) is 2. The van der Waals surface area contributed by atoms with Gasteiger partial charge in [-0.3, -0.25) is 0 Å². The van der Waals surface area contributed by atoms with E-state index >= 15 is 0 Å². The highest BCUT2D eigenvalue weighted by molar-refractivity contribution is 5.42. The molecule has 3 N–H and O–H groups in total. The highest BCUT2D eigenvalue weighted by Crippen LogP contribution is 2.27. The zero-order valence-electron chi connectivity index (χ0n) is 8.36. The summed E-state index contributed by atoms with van der Waals surface area (Å²) in [5.74, 6) is 0.389. The highest BCUT2D eigenvalue weighted by Gasteiger charge is 2.14. The maximum atomic E-state index is 9.56. The summed E-state index contributed by atoms with van der Waals surface area (Å²) in [5, 5.41) is 18.3.